The van der Waals surface area contributed by atoms with Crippen molar-refractivity contribution in [3.63, 3.8) is 0 Å². The molecule has 2 heterocycles. The summed E-state index contributed by atoms with van der Waals surface area (Å²) >= 11 is 7.11. The lowest BCUT2D eigenvalue weighted by Crippen LogP contribution is -2.35. The lowest BCUT2D eigenvalue weighted by Gasteiger charge is -2.25. The maximum absolute atomic E-state index is 11.6. The number of ether oxygens (including phenoxy) is 2. The largest absolute Gasteiger partial charge is 0.448 e. The van der Waals surface area contributed by atoms with Crippen molar-refractivity contribution in [3.8, 4) is 0 Å². The van der Waals surface area contributed by atoms with Gasteiger partial charge in [-0.15, -0.1) is 22.9 Å². The molecule has 118 valence electrons. The molecule has 0 radical (unpaired) electrons. The first kappa shape index (κ1) is 16.5. The molecule has 1 aromatic heterocycles. The molecule has 1 saturated heterocycles. The second kappa shape index (κ2) is 8.53. The van der Waals surface area contributed by atoms with Crippen molar-refractivity contribution in [2.45, 2.75) is 13.1 Å². The molecule has 1 amide bonds. The highest BCUT2D eigenvalue weighted by Gasteiger charge is 2.15. The molecular formula is C13H20ClN3O3S. The van der Waals surface area contributed by atoms with Gasteiger partial charge in [0.15, 0.2) is 0 Å². The number of halogens is 1. The molecule has 21 heavy (non-hydrogen) atoms. The highest BCUT2D eigenvalue weighted by molar-refractivity contribution is 7.09. The average Bonchev–Trinajstić information content (AvgIpc) is 2.92. The van der Waals surface area contributed by atoms with Gasteiger partial charge in [-0.3, -0.25) is 4.90 Å². The van der Waals surface area contributed by atoms with Gasteiger partial charge in [0.05, 0.1) is 37.9 Å². The van der Waals surface area contributed by atoms with E-state index in [0.717, 1.165) is 43.5 Å². The number of amides is 1. The summed E-state index contributed by atoms with van der Waals surface area (Å²) in [5.74, 6) is 0.306. The quantitative estimate of drug-likeness (QED) is 0.743. The second-order valence-electron chi connectivity index (χ2n) is 4.78. The molecule has 6 nitrogen and oxygen atoms in total. The van der Waals surface area contributed by atoms with E-state index >= 15 is 0 Å². The second-order valence-corrected chi connectivity index (χ2v) is 6.10. The molecule has 1 fully saturated rings. The van der Waals surface area contributed by atoms with Gasteiger partial charge in [0.25, 0.3) is 0 Å². The van der Waals surface area contributed by atoms with Gasteiger partial charge in [-0.05, 0) is 0 Å². The number of nitrogens with zero attached hydrogens (tertiary/aromatic N) is 3. The van der Waals surface area contributed by atoms with E-state index in [1.807, 2.05) is 5.38 Å². The zero-order valence-corrected chi connectivity index (χ0v) is 13.7. The minimum atomic E-state index is -0.377. The first-order valence-electron chi connectivity index (χ1n) is 6.86. The molecule has 0 aliphatic carbocycles. The minimum absolute atomic E-state index is 0.226. The van der Waals surface area contributed by atoms with Gasteiger partial charge in [-0.2, -0.15) is 0 Å². The fourth-order valence-corrected chi connectivity index (χ4v) is 2.89. The number of carbonyl (C=O) groups excluding carboxylic acids is 1. The number of hydrogen-bond acceptors (Lipinski definition) is 6. The maximum atomic E-state index is 11.6. The van der Waals surface area contributed by atoms with Crippen LogP contribution in [0.3, 0.4) is 0 Å². The van der Waals surface area contributed by atoms with Gasteiger partial charge in [0.2, 0.25) is 0 Å². The minimum Gasteiger partial charge on any atom is -0.448 e. The van der Waals surface area contributed by atoms with E-state index < -0.39 is 0 Å². The molecule has 0 atom stereocenters. The van der Waals surface area contributed by atoms with Crippen LogP contribution in [0.25, 0.3) is 0 Å². The van der Waals surface area contributed by atoms with Gasteiger partial charge in [0.1, 0.15) is 11.6 Å². The summed E-state index contributed by atoms with van der Waals surface area (Å²) in [4.78, 5) is 20.0. The van der Waals surface area contributed by atoms with Crippen LogP contribution in [0, 0.1) is 0 Å². The summed E-state index contributed by atoms with van der Waals surface area (Å²) in [7, 11) is 1.69. The van der Waals surface area contributed by atoms with E-state index in [9.17, 15) is 4.79 Å². The van der Waals surface area contributed by atoms with E-state index in [2.05, 4.69) is 9.88 Å². The van der Waals surface area contributed by atoms with Crippen molar-refractivity contribution in [2.75, 3.05) is 45.8 Å². The lowest BCUT2D eigenvalue weighted by molar-refractivity contribution is 0.0341. The van der Waals surface area contributed by atoms with Crippen LogP contribution in [-0.4, -0.2) is 66.7 Å². The molecule has 0 aromatic carbocycles. The summed E-state index contributed by atoms with van der Waals surface area (Å²) in [5, 5.41) is 3.05. The number of alkyl halides is 1. The van der Waals surface area contributed by atoms with E-state index in [1.165, 1.54) is 4.90 Å². The van der Waals surface area contributed by atoms with Gasteiger partial charge >= 0.3 is 6.09 Å². The topological polar surface area (TPSA) is 54.9 Å². The Morgan fingerprint density at radius 2 is 2.33 bits per heavy atom. The Kier molecular flexibility index (Phi) is 6.69. The lowest BCUT2D eigenvalue weighted by atomic mass is 10.4. The highest BCUT2D eigenvalue weighted by Crippen LogP contribution is 2.14. The van der Waals surface area contributed by atoms with E-state index in [-0.39, 0.29) is 12.7 Å². The number of carbonyl (C=O) groups is 1. The first-order valence-corrected chi connectivity index (χ1v) is 8.27. The molecule has 0 spiro atoms. The van der Waals surface area contributed by atoms with E-state index in [4.69, 9.17) is 21.1 Å². The summed E-state index contributed by atoms with van der Waals surface area (Å²) in [6.45, 7) is 4.97. The molecule has 1 aliphatic rings. The summed E-state index contributed by atoms with van der Waals surface area (Å²) < 4.78 is 10.3. The predicted molar refractivity (Wildman–Crippen MR) is 81.7 cm³/mol. The highest BCUT2D eigenvalue weighted by atomic mass is 35.5. The van der Waals surface area contributed by atoms with Crippen LogP contribution >= 0.6 is 22.9 Å². The molecule has 2 rings (SSSR count). The van der Waals surface area contributed by atoms with Crippen molar-refractivity contribution >= 4 is 29.0 Å². The third kappa shape index (κ3) is 5.43. The van der Waals surface area contributed by atoms with Gasteiger partial charge in [-0.1, -0.05) is 0 Å². The van der Waals surface area contributed by atoms with E-state index in [1.54, 1.807) is 18.4 Å². The third-order valence-corrected chi connectivity index (χ3v) is 4.11. The van der Waals surface area contributed by atoms with Crippen LogP contribution in [-0.2, 0) is 22.6 Å². The maximum Gasteiger partial charge on any atom is 0.409 e. The van der Waals surface area contributed by atoms with Crippen molar-refractivity contribution < 1.29 is 14.3 Å². The van der Waals surface area contributed by atoms with Crippen molar-refractivity contribution in [1.82, 2.24) is 14.8 Å². The summed E-state index contributed by atoms with van der Waals surface area (Å²) in [6.07, 6.45) is -0.377. The van der Waals surface area contributed by atoms with Crippen molar-refractivity contribution in [3.05, 3.63) is 16.1 Å². The first-order chi connectivity index (χ1) is 10.2. The van der Waals surface area contributed by atoms with Gasteiger partial charge in [-0.25, -0.2) is 9.78 Å². The molecule has 1 aromatic rings. The van der Waals surface area contributed by atoms with Gasteiger partial charge in [0, 0.05) is 25.5 Å². The Balaban J connectivity index is 1.80. The summed E-state index contributed by atoms with van der Waals surface area (Å²) in [5.41, 5.74) is 0.883. The number of thiazole rings is 1. The standard InChI is InChI=1S/C13H20ClN3O3S/c1-16(13(18)20-5-2-14)8-11-10-21-12(15-11)9-17-3-6-19-7-4-17/h10H,2-9H2,1H3. The van der Waals surface area contributed by atoms with Crippen molar-refractivity contribution in [1.29, 1.82) is 0 Å². The zero-order valence-electron chi connectivity index (χ0n) is 12.1. The number of aromatic nitrogens is 1. The Morgan fingerprint density at radius 1 is 1.57 bits per heavy atom. The number of hydrogen-bond donors (Lipinski definition) is 0. The number of rotatable bonds is 6. The average molecular weight is 334 g/mol. The molecule has 0 saturated carbocycles. The van der Waals surface area contributed by atoms with Gasteiger partial charge < -0.3 is 14.4 Å². The Hall–Kier alpha value is -0.890. The molecular weight excluding hydrogens is 314 g/mol. The fraction of sp³-hybridized carbons (Fsp3) is 0.692. The molecule has 0 N–H and O–H groups in total. The Bertz CT molecular complexity index is 452. The molecule has 8 heteroatoms. The van der Waals surface area contributed by atoms with Crippen LogP contribution in [0.1, 0.15) is 10.7 Å². The molecule has 0 bridgehead atoms. The van der Waals surface area contributed by atoms with Crippen LogP contribution in [0.4, 0.5) is 4.79 Å². The van der Waals surface area contributed by atoms with Crippen molar-refractivity contribution in [2.24, 2.45) is 0 Å². The molecule has 1 aliphatic heterocycles. The van der Waals surface area contributed by atoms with Crippen LogP contribution in [0.5, 0.6) is 0 Å². The Labute approximate surface area is 133 Å². The normalized spacial score (nSPS) is 15.9. The number of morpholine rings is 1. The summed E-state index contributed by atoms with van der Waals surface area (Å²) in [6, 6.07) is 0. The SMILES string of the molecule is CN(Cc1csc(CN2CCOCC2)n1)C(=O)OCCCl. The van der Waals surface area contributed by atoms with Crippen LogP contribution in [0.2, 0.25) is 0 Å². The van der Waals surface area contributed by atoms with Crippen LogP contribution < -0.4 is 0 Å². The Morgan fingerprint density at radius 3 is 3.05 bits per heavy atom. The zero-order chi connectivity index (χ0) is 15.1. The third-order valence-electron chi connectivity index (χ3n) is 3.08. The van der Waals surface area contributed by atoms with Crippen LogP contribution in [0.15, 0.2) is 5.38 Å². The molecule has 0 unspecified atom stereocenters. The van der Waals surface area contributed by atoms with E-state index in [0.29, 0.717) is 12.4 Å². The smallest absolute Gasteiger partial charge is 0.409 e. The fourth-order valence-electron chi connectivity index (χ4n) is 1.99. The predicted octanol–water partition coefficient (Wildman–Crippen LogP) is 1.78. The monoisotopic (exact) mass is 333 g/mol.